The lowest BCUT2D eigenvalue weighted by molar-refractivity contribution is -0.141. The fourth-order valence-electron chi connectivity index (χ4n) is 5.49. The summed E-state index contributed by atoms with van der Waals surface area (Å²) < 4.78 is 40.9. The van der Waals surface area contributed by atoms with Crippen molar-refractivity contribution in [1.82, 2.24) is 15.5 Å². The third kappa shape index (κ3) is 6.96. The summed E-state index contributed by atoms with van der Waals surface area (Å²) in [6, 6.07) is 0.275. The summed E-state index contributed by atoms with van der Waals surface area (Å²) in [5.74, 6) is -3.62. The zero-order valence-corrected chi connectivity index (χ0v) is 20.3. The van der Waals surface area contributed by atoms with E-state index in [2.05, 4.69) is 10.6 Å². The van der Waals surface area contributed by atoms with Gasteiger partial charge in [-0.25, -0.2) is 13.2 Å². The lowest BCUT2D eigenvalue weighted by atomic mass is 9.82. The van der Waals surface area contributed by atoms with Gasteiger partial charge in [-0.05, 0) is 68.9 Å². The Morgan fingerprint density at radius 2 is 1.63 bits per heavy atom. The lowest BCUT2D eigenvalue weighted by Gasteiger charge is -2.42. The van der Waals surface area contributed by atoms with Crippen LogP contribution in [0.25, 0.3) is 0 Å². The maximum atomic E-state index is 14.1. The summed E-state index contributed by atoms with van der Waals surface area (Å²) in [7, 11) is 0. The molecule has 2 aliphatic rings. The highest BCUT2D eigenvalue weighted by Crippen LogP contribution is 2.40. The minimum Gasteiger partial charge on any atom is -0.356 e. The van der Waals surface area contributed by atoms with Crippen LogP contribution >= 0.6 is 0 Å². The number of halogens is 3. The van der Waals surface area contributed by atoms with Gasteiger partial charge in [0, 0.05) is 44.6 Å². The van der Waals surface area contributed by atoms with Gasteiger partial charge in [-0.3, -0.25) is 14.4 Å². The first-order valence-electron chi connectivity index (χ1n) is 12.3. The number of nitrogens with one attached hydrogen (secondary N) is 2. The standard InChI is InChI=1S/C25H35F3N4O3/c1-14(33)30-8-4-3-5-24(31-15(2)34)25(35)32-18-6-7-19(32)10-17(9-18)23(29)12-16-11-21(27)22(28)13-20(16)26/h11,13,17-19,23-24H,3-10,12,29H2,1-2H3,(H,30,33)(H,31,34)/t17?,18-,19+,23-,24+/m1/s1. The predicted molar refractivity (Wildman–Crippen MR) is 125 cm³/mol. The van der Waals surface area contributed by atoms with Crippen LogP contribution in [0.15, 0.2) is 12.1 Å². The lowest BCUT2D eigenvalue weighted by Crippen LogP contribution is -2.56. The summed E-state index contributed by atoms with van der Waals surface area (Å²) in [6.45, 7) is 3.35. The number of carbonyl (C=O) groups excluding carboxylic acids is 3. The van der Waals surface area contributed by atoms with E-state index in [1.807, 2.05) is 4.90 Å². The van der Waals surface area contributed by atoms with Crippen LogP contribution in [0.1, 0.15) is 64.4 Å². The topological polar surface area (TPSA) is 105 Å². The molecule has 2 heterocycles. The number of unbranched alkanes of at least 4 members (excludes halogenated alkanes) is 1. The van der Waals surface area contributed by atoms with Gasteiger partial charge in [-0.2, -0.15) is 0 Å². The first-order valence-corrected chi connectivity index (χ1v) is 12.3. The average Bonchev–Trinajstić information content (AvgIpc) is 3.04. The van der Waals surface area contributed by atoms with Crippen LogP contribution in [0.3, 0.4) is 0 Å². The summed E-state index contributed by atoms with van der Waals surface area (Å²) in [4.78, 5) is 38.1. The van der Waals surface area contributed by atoms with Gasteiger partial charge in [-0.15, -0.1) is 0 Å². The van der Waals surface area contributed by atoms with E-state index >= 15 is 0 Å². The number of benzene rings is 1. The maximum absolute atomic E-state index is 14.1. The number of nitrogens with zero attached hydrogens (tertiary/aromatic N) is 1. The van der Waals surface area contributed by atoms with Gasteiger partial charge < -0.3 is 21.3 Å². The fourth-order valence-corrected chi connectivity index (χ4v) is 5.49. The number of hydrogen-bond acceptors (Lipinski definition) is 4. The number of piperidine rings is 1. The van der Waals surface area contributed by atoms with E-state index in [1.54, 1.807) is 0 Å². The molecule has 0 radical (unpaired) electrons. The Balaban J connectivity index is 1.61. The third-order valence-electron chi connectivity index (χ3n) is 7.14. The molecule has 2 bridgehead atoms. The van der Waals surface area contributed by atoms with E-state index in [4.69, 9.17) is 5.73 Å². The highest BCUT2D eigenvalue weighted by atomic mass is 19.2. The minimum absolute atomic E-state index is 0.0148. The maximum Gasteiger partial charge on any atom is 0.245 e. The van der Waals surface area contributed by atoms with Crippen molar-refractivity contribution < 1.29 is 27.6 Å². The van der Waals surface area contributed by atoms with Crippen LogP contribution in [0.2, 0.25) is 0 Å². The van der Waals surface area contributed by atoms with E-state index in [9.17, 15) is 27.6 Å². The normalized spacial score (nSPS) is 23.0. The first kappa shape index (κ1) is 27.0. The van der Waals surface area contributed by atoms with E-state index in [0.29, 0.717) is 44.7 Å². The number of fused-ring (bicyclic) bond motifs is 2. The van der Waals surface area contributed by atoms with Crippen molar-refractivity contribution in [2.75, 3.05) is 6.54 Å². The molecule has 10 heteroatoms. The molecule has 1 aromatic rings. The second-order valence-corrected chi connectivity index (χ2v) is 9.82. The zero-order chi connectivity index (χ0) is 25.7. The van der Waals surface area contributed by atoms with E-state index in [0.717, 1.165) is 18.9 Å². The number of amides is 3. The summed E-state index contributed by atoms with van der Waals surface area (Å²) >= 11 is 0. The molecular formula is C25H35F3N4O3. The molecular weight excluding hydrogens is 461 g/mol. The molecule has 2 aliphatic heterocycles. The van der Waals surface area contributed by atoms with Gasteiger partial charge in [0.1, 0.15) is 11.9 Å². The molecule has 5 atom stereocenters. The quantitative estimate of drug-likeness (QED) is 0.342. The van der Waals surface area contributed by atoms with Crippen molar-refractivity contribution in [2.45, 2.75) is 89.4 Å². The van der Waals surface area contributed by atoms with Crippen LogP contribution in [0.4, 0.5) is 13.2 Å². The molecule has 1 aromatic carbocycles. The van der Waals surface area contributed by atoms with Crippen molar-refractivity contribution >= 4 is 17.7 Å². The molecule has 2 saturated heterocycles. The fraction of sp³-hybridized carbons (Fsp3) is 0.640. The Bertz CT molecular complexity index is 931. The molecule has 1 unspecified atom stereocenters. The molecule has 194 valence electrons. The van der Waals surface area contributed by atoms with Crippen LogP contribution in [-0.2, 0) is 20.8 Å². The molecule has 35 heavy (non-hydrogen) atoms. The molecule has 4 N–H and O–H groups in total. The van der Waals surface area contributed by atoms with Crippen LogP contribution in [0, 0.1) is 23.4 Å². The minimum atomic E-state index is -1.23. The molecule has 3 amide bonds. The van der Waals surface area contributed by atoms with Gasteiger partial charge in [0.05, 0.1) is 0 Å². The smallest absolute Gasteiger partial charge is 0.245 e. The van der Waals surface area contributed by atoms with Gasteiger partial charge in [0.25, 0.3) is 0 Å². The number of carbonyl (C=O) groups is 3. The Hall–Kier alpha value is -2.62. The van der Waals surface area contributed by atoms with Gasteiger partial charge in [-0.1, -0.05) is 0 Å². The van der Waals surface area contributed by atoms with Gasteiger partial charge in [0.15, 0.2) is 11.6 Å². The predicted octanol–water partition coefficient (Wildman–Crippen LogP) is 2.55. The molecule has 0 aliphatic carbocycles. The van der Waals surface area contributed by atoms with E-state index in [1.165, 1.54) is 13.8 Å². The summed E-state index contributed by atoms with van der Waals surface area (Å²) in [6.07, 6.45) is 4.88. The van der Waals surface area contributed by atoms with Crippen molar-refractivity contribution in [3.8, 4) is 0 Å². The van der Waals surface area contributed by atoms with Crippen molar-refractivity contribution in [3.63, 3.8) is 0 Å². The highest BCUT2D eigenvalue weighted by Gasteiger charge is 2.46. The molecule has 7 nitrogen and oxygen atoms in total. The number of hydrogen-bond donors (Lipinski definition) is 3. The Morgan fingerprint density at radius 3 is 2.23 bits per heavy atom. The highest BCUT2D eigenvalue weighted by molar-refractivity contribution is 5.87. The Labute approximate surface area is 204 Å². The summed E-state index contributed by atoms with van der Waals surface area (Å²) in [5.41, 5.74) is 6.43. The van der Waals surface area contributed by atoms with E-state index in [-0.39, 0.29) is 47.7 Å². The molecule has 3 rings (SSSR count). The van der Waals surface area contributed by atoms with Crippen LogP contribution in [0.5, 0.6) is 0 Å². The Kier molecular flexibility index (Phi) is 9.15. The average molecular weight is 497 g/mol. The van der Waals surface area contributed by atoms with Crippen LogP contribution in [-0.4, -0.2) is 53.3 Å². The van der Waals surface area contributed by atoms with Crippen molar-refractivity contribution in [1.29, 1.82) is 0 Å². The molecule has 0 saturated carbocycles. The first-order chi connectivity index (χ1) is 16.6. The Morgan fingerprint density at radius 1 is 1.00 bits per heavy atom. The zero-order valence-electron chi connectivity index (χ0n) is 20.3. The van der Waals surface area contributed by atoms with Gasteiger partial charge >= 0.3 is 0 Å². The number of rotatable bonds is 10. The number of nitrogens with two attached hydrogens (primary N) is 1. The molecule has 2 fully saturated rings. The second-order valence-electron chi connectivity index (χ2n) is 9.82. The van der Waals surface area contributed by atoms with Gasteiger partial charge in [0.2, 0.25) is 17.7 Å². The SMILES string of the molecule is CC(=O)NCCCC[C@H](NC(C)=O)C(=O)N1[C@@H]2CC[C@H]1CC([C@H](N)Cc1cc(F)c(F)cc1F)C2. The summed E-state index contributed by atoms with van der Waals surface area (Å²) in [5, 5.41) is 5.50. The monoisotopic (exact) mass is 496 g/mol. The van der Waals surface area contributed by atoms with Crippen molar-refractivity contribution in [3.05, 3.63) is 35.1 Å². The third-order valence-corrected chi connectivity index (χ3v) is 7.14. The van der Waals surface area contributed by atoms with Crippen molar-refractivity contribution in [2.24, 2.45) is 11.7 Å². The van der Waals surface area contributed by atoms with Crippen LogP contribution < -0.4 is 16.4 Å². The molecule has 0 spiro atoms. The molecule has 0 aromatic heterocycles. The van der Waals surface area contributed by atoms with E-state index < -0.39 is 29.5 Å². The second kappa shape index (κ2) is 11.9. The largest absolute Gasteiger partial charge is 0.356 e.